The lowest BCUT2D eigenvalue weighted by molar-refractivity contribution is -0.870. The van der Waals surface area contributed by atoms with Gasteiger partial charge in [0.05, 0.1) is 39.9 Å². The third-order valence-electron chi connectivity index (χ3n) is 13.1. The Bertz CT molecular complexity index is 994. The largest absolute Gasteiger partial charge is 0.472 e. The van der Waals surface area contributed by atoms with Gasteiger partial charge < -0.3 is 19.8 Å². The topological polar surface area (TPSA) is 105 Å². The molecule has 0 saturated heterocycles. The maximum absolute atomic E-state index is 12.7. The SMILES string of the molecule is CCCCCCCCCCCCCCCCCCCCCCCCCCCCCCCCCCCCCCCCC(=O)NC(COP(=O)(O)OCC[N+](C)(C)C)C(O)CCCCC. The first kappa shape index (κ1) is 62.5. The van der Waals surface area contributed by atoms with Gasteiger partial charge in [-0.15, -0.1) is 0 Å². The Balaban J connectivity index is 3.55. The Kier molecular flexibility index (Phi) is 46.2. The molecule has 0 saturated carbocycles. The van der Waals surface area contributed by atoms with Gasteiger partial charge in [-0.1, -0.05) is 271 Å². The summed E-state index contributed by atoms with van der Waals surface area (Å²) in [5, 5.41) is 13.6. The van der Waals surface area contributed by atoms with E-state index < -0.39 is 20.0 Å². The van der Waals surface area contributed by atoms with Crippen LogP contribution in [-0.4, -0.2) is 73.4 Å². The zero-order valence-electron chi connectivity index (χ0n) is 43.1. The number of amides is 1. The molecule has 3 N–H and O–H groups in total. The quantitative estimate of drug-likeness (QED) is 0.0319. The molecule has 9 heteroatoms. The summed E-state index contributed by atoms with van der Waals surface area (Å²) in [5.74, 6) is -0.150. The minimum atomic E-state index is -4.29. The van der Waals surface area contributed by atoms with Gasteiger partial charge in [-0.05, 0) is 12.8 Å². The molecule has 3 atom stereocenters. The molecule has 0 heterocycles. The molecule has 0 aromatic rings. The molecule has 1 amide bonds. The van der Waals surface area contributed by atoms with E-state index in [1.54, 1.807) is 0 Å². The van der Waals surface area contributed by atoms with Gasteiger partial charge in [0.2, 0.25) is 5.91 Å². The number of phosphoric acid groups is 1. The van der Waals surface area contributed by atoms with Crippen LogP contribution in [0.5, 0.6) is 0 Å². The van der Waals surface area contributed by atoms with Crippen LogP contribution in [-0.2, 0) is 18.4 Å². The van der Waals surface area contributed by atoms with Gasteiger partial charge in [0.1, 0.15) is 13.2 Å². The van der Waals surface area contributed by atoms with Crippen molar-refractivity contribution in [2.24, 2.45) is 0 Å². The highest BCUT2D eigenvalue weighted by atomic mass is 31.2. The Labute approximate surface area is 393 Å². The fourth-order valence-corrected chi connectivity index (χ4v) is 9.43. The van der Waals surface area contributed by atoms with Crippen LogP contribution in [0.15, 0.2) is 0 Å². The normalized spacial score (nSPS) is 14.0. The smallest absolute Gasteiger partial charge is 0.391 e. The number of carbonyl (C=O) groups is 1. The maximum atomic E-state index is 12.7. The van der Waals surface area contributed by atoms with Crippen molar-refractivity contribution in [2.45, 2.75) is 302 Å². The Morgan fingerprint density at radius 3 is 1.06 bits per heavy atom. The van der Waals surface area contributed by atoms with Crippen molar-refractivity contribution < 1.29 is 32.9 Å². The zero-order chi connectivity index (χ0) is 46.4. The summed E-state index contributed by atoms with van der Waals surface area (Å²) in [7, 11) is 1.62. The molecule has 0 spiro atoms. The van der Waals surface area contributed by atoms with Crippen LogP contribution in [0.4, 0.5) is 0 Å². The molecule has 0 fully saturated rings. The number of nitrogens with zero attached hydrogens (tertiary/aromatic N) is 1. The van der Waals surface area contributed by atoms with Crippen LogP contribution in [0, 0.1) is 0 Å². The van der Waals surface area contributed by atoms with E-state index in [4.69, 9.17) is 9.05 Å². The highest BCUT2D eigenvalue weighted by Crippen LogP contribution is 2.43. The second-order valence-corrected chi connectivity index (χ2v) is 22.1. The lowest BCUT2D eigenvalue weighted by Crippen LogP contribution is -2.46. The fourth-order valence-electron chi connectivity index (χ4n) is 8.70. The number of rotatable bonds is 52. The molecule has 0 aliphatic rings. The number of hydrogen-bond acceptors (Lipinski definition) is 5. The van der Waals surface area contributed by atoms with Gasteiger partial charge in [-0.25, -0.2) is 4.57 Å². The highest BCUT2D eigenvalue weighted by molar-refractivity contribution is 7.47. The molecule has 0 aliphatic carbocycles. The monoisotopic (exact) mass is 916 g/mol. The molecule has 0 aromatic carbocycles. The number of aliphatic hydroxyl groups is 1. The average molecular weight is 916 g/mol. The number of quaternary nitrogens is 1. The number of aliphatic hydroxyl groups excluding tert-OH is 1. The van der Waals surface area contributed by atoms with Crippen molar-refractivity contribution in [3.63, 3.8) is 0 Å². The van der Waals surface area contributed by atoms with E-state index in [-0.39, 0.29) is 19.1 Å². The predicted octanol–water partition coefficient (Wildman–Crippen LogP) is 16.5. The number of unbranched alkanes of at least 4 members (excludes halogenated alkanes) is 39. The van der Waals surface area contributed by atoms with E-state index in [1.807, 2.05) is 21.1 Å². The summed E-state index contributed by atoms with van der Waals surface area (Å²) in [6.45, 7) is 4.76. The molecule has 0 radical (unpaired) electrons. The second-order valence-electron chi connectivity index (χ2n) is 20.7. The first-order valence-corrected chi connectivity index (χ1v) is 29.4. The molecular formula is C54H112N2O6P+. The lowest BCUT2D eigenvalue weighted by atomic mass is 10.0. The van der Waals surface area contributed by atoms with E-state index in [0.717, 1.165) is 38.5 Å². The number of hydrogen-bond donors (Lipinski definition) is 3. The average Bonchev–Trinajstić information content (AvgIpc) is 3.24. The number of likely N-dealkylation sites (N-methyl/N-ethyl adjacent to an activating group) is 1. The highest BCUT2D eigenvalue weighted by Gasteiger charge is 2.28. The summed E-state index contributed by atoms with van der Waals surface area (Å²) in [6, 6.07) is -0.750. The van der Waals surface area contributed by atoms with Gasteiger partial charge in [-0.3, -0.25) is 13.8 Å². The second kappa shape index (κ2) is 46.6. The summed E-state index contributed by atoms with van der Waals surface area (Å²) < 4.78 is 23.4. The van der Waals surface area contributed by atoms with Crippen molar-refractivity contribution >= 4 is 13.7 Å². The van der Waals surface area contributed by atoms with Gasteiger partial charge in [0, 0.05) is 6.42 Å². The van der Waals surface area contributed by atoms with Gasteiger partial charge in [0.15, 0.2) is 0 Å². The van der Waals surface area contributed by atoms with Crippen LogP contribution in [0.2, 0.25) is 0 Å². The predicted molar refractivity (Wildman–Crippen MR) is 272 cm³/mol. The summed E-state index contributed by atoms with van der Waals surface area (Å²) in [6.07, 6.45) is 55.8. The number of nitrogens with one attached hydrogen (secondary N) is 1. The Morgan fingerprint density at radius 1 is 0.476 bits per heavy atom. The first-order chi connectivity index (χ1) is 30.5. The van der Waals surface area contributed by atoms with Gasteiger partial charge in [0.25, 0.3) is 0 Å². The molecule has 0 aromatic heterocycles. The zero-order valence-corrected chi connectivity index (χ0v) is 44.0. The van der Waals surface area contributed by atoms with Crippen molar-refractivity contribution in [2.75, 3.05) is 40.9 Å². The fraction of sp³-hybridized carbons (Fsp3) is 0.981. The standard InChI is InChI=1S/C54H111N2O6P/c1-6-8-10-11-12-13-14-15-16-17-18-19-20-21-22-23-24-25-26-27-28-29-30-31-32-33-34-35-36-37-38-39-40-41-42-43-44-46-48-54(58)55-52(53(57)47-45-9-7-2)51-62-63(59,60)61-50-49-56(3,4)5/h52-53,57H,6-51H2,1-5H3,(H-,55,58,59,60)/p+1. The minimum absolute atomic E-state index is 0.0765. The molecule has 0 aliphatic heterocycles. The van der Waals surface area contributed by atoms with Crippen LogP contribution >= 0.6 is 7.82 Å². The van der Waals surface area contributed by atoms with Crippen LogP contribution < -0.4 is 5.32 Å². The third kappa shape index (κ3) is 49.2. The van der Waals surface area contributed by atoms with E-state index in [0.29, 0.717) is 23.9 Å². The van der Waals surface area contributed by atoms with Crippen LogP contribution in [0.25, 0.3) is 0 Å². The Morgan fingerprint density at radius 2 is 0.762 bits per heavy atom. The molecule has 8 nitrogen and oxygen atoms in total. The van der Waals surface area contributed by atoms with Gasteiger partial charge >= 0.3 is 7.82 Å². The molecule has 378 valence electrons. The molecular weight excluding hydrogens is 804 g/mol. The van der Waals surface area contributed by atoms with Gasteiger partial charge in [-0.2, -0.15) is 0 Å². The Hall–Kier alpha value is -0.500. The first-order valence-electron chi connectivity index (χ1n) is 27.9. The third-order valence-corrected chi connectivity index (χ3v) is 14.1. The van der Waals surface area contributed by atoms with Crippen molar-refractivity contribution in [3.8, 4) is 0 Å². The van der Waals surface area contributed by atoms with Crippen molar-refractivity contribution in [3.05, 3.63) is 0 Å². The number of carbonyl (C=O) groups excluding carboxylic acids is 1. The number of phosphoric ester groups is 1. The van der Waals surface area contributed by atoms with E-state index in [9.17, 15) is 19.4 Å². The molecule has 63 heavy (non-hydrogen) atoms. The summed E-state index contributed by atoms with van der Waals surface area (Å²) in [5.41, 5.74) is 0. The van der Waals surface area contributed by atoms with Crippen LogP contribution in [0.1, 0.15) is 290 Å². The maximum Gasteiger partial charge on any atom is 0.472 e. The van der Waals surface area contributed by atoms with Crippen molar-refractivity contribution in [1.82, 2.24) is 5.32 Å². The molecule has 0 rings (SSSR count). The van der Waals surface area contributed by atoms with Crippen LogP contribution in [0.3, 0.4) is 0 Å². The van der Waals surface area contributed by atoms with E-state index >= 15 is 0 Å². The van der Waals surface area contributed by atoms with E-state index in [2.05, 4.69) is 19.2 Å². The van der Waals surface area contributed by atoms with Crippen molar-refractivity contribution in [1.29, 1.82) is 0 Å². The lowest BCUT2D eigenvalue weighted by Gasteiger charge is -2.26. The van der Waals surface area contributed by atoms with E-state index in [1.165, 1.54) is 225 Å². The summed E-state index contributed by atoms with van der Waals surface area (Å²) in [4.78, 5) is 22.9. The molecule has 0 bridgehead atoms. The molecule has 3 unspecified atom stereocenters. The minimum Gasteiger partial charge on any atom is -0.391 e. The summed E-state index contributed by atoms with van der Waals surface area (Å²) >= 11 is 0.